The number of amides is 1. The van der Waals surface area contributed by atoms with Crippen LogP contribution in [-0.4, -0.2) is 46.7 Å². The molecule has 0 saturated carbocycles. The molecule has 0 unspecified atom stereocenters. The zero-order chi connectivity index (χ0) is 19.1. The number of benzene rings is 1. The molecule has 3 aromatic rings. The van der Waals surface area contributed by atoms with Crippen molar-refractivity contribution in [2.24, 2.45) is 0 Å². The van der Waals surface area contributed by atoms with Gasteiger partial charge in [-0.1, -0.05) is 0 Å². The number of ether oxygens (including phenoxy) is 1. The normalized spacial score (nSPS) is 10.3. The highest BCUT2D eigenvalue weighted by Gasteiger charge is 2.14. The Hall–Kier alpha value is -3.48. The molecule has 1 amide bonds. The van der Waals surface area contributed by atoms with E-state index in [4.69, 9.17) is 4.74 Å². The van der Waals surface area contributed by atoms with Crippen LogP contribution >= 0.6 is 0 Å². The van der Waals surface area contributed by atoms with Gasteiger partial charge in [0.25, 0.3) is 5.91 Å². The number of nitrogens with one attached hydrogen (secondary N) is 1. The molecule has 0 radical (unpaired) electrons. The second-order valence-electron chi connectivity index (χ2n) is 5.99. The minimum Gasteiger partial charge on any atom is -0.497 e. The van der Waals surface area contributed by atoms with E-state index < -0.39 is 0 Å². The van der Waals surface area contributed by atoms with Crippen LogP contribution in [0.3, 0.4) is 0 Å². The van der Waals surface area contributed by atoms with Crippen LogP contribution in [-0.2, 0) is 6.42 Å². The molecule has 1 aromatic carbocycles. The average Bonchev–Trinajstić information content (AvgIpc) is 2.73. The summed E-state index contributed by atoms with van der Waals surface area (Å²) in [6, 6.07) is 14.8. The maximum Gasteiger partial charge on any atom is 0.274 e. The highest BCUT2D eigenvalue weighted by Crippen LogP contribution is 2.18. The van der Waals surface area contributed by atoms with E-state index in [1.54, 1.807) is 43.6 Å². The number of carbonyl (C=O) groups is 1. The first-order valence-electron chi connectivity index (χ1n) is 8.55. The maximum absolute atomic E-state index is 12.5. The van der Waals surface area contributed by atoms with Crippen LogP contribution in [0.1, 0.15) is 16.1 Å². The summed E-state index contributed by atoms with van der Waals surface area (Å²) >= 11 is 0. The molecule has 0 aliphatic rings. The van der Waals surface area contributed by atoms with Crippen molar-refractivity contribution in [3.05, 3.63) is 72.2 Å². The first-order valence-corrected chi connectivity index (χ1v) is 8.55. The Morgan fingerprint density at radius 2 is 1.78 bits per heavy atom. The summed E-state index contributed by atoms with van der Waals surface area (Å²) < 4.78 is 5.13. The molecule has 27 heavy (non-hydrogen) atoms. The van der Waals surface area contributed by atoms with Crippen LogP contribution in [0.25, 0.3) is 0 Å². The first-order chi connectivity index (χ1) is 13.2. The molecule has 0 spiro atoms. The van der Waals surface area contributed by atoms with Gasteiger partial charge in [-0.05, 0) is 60.5 Å². The predicted molar refractivity (Wildman–Crippen MR) is 103 cm³/mol. The van der Waals surface area contributed by atoms with Crippen LogP contribution in [0.4, 0.5) is 11.5 Å². The van der Waals surface area contributed by atoms with E-state index in [0.29, 0.717) is 18.1 Å². The number of hydrogen-bond donors (Lipinski definition) is 1. The van der Waals surface area contributed by atoms with E-state index in [9.17, 15) is 4.79 Å². The molecule has 0 fully saturated rings. The lowest BCUT2D eigenvalue weighted by Crippen LogP contribution is -2.29. The largest absolute Gasteiger partial charge is 0.497 e. The predicted octanol–water partition coefficient (Wildman–Crippen LogP) is 2.94. The highest BCUT2D eigenvalue weighted by atomic mass is 16.5. The van der Waals surface area contributed by atoms with Gasteiger partial charge in [0.15, 0.2) is 11.5 Å². The number of nitrogens with zero attached hydrogens (tertiary/aromatic N) is 4. The quantitative estimate of drug-likeness (QED) is 0.695. The molecular formula is C20H21N5O2. The third kappa shape index (κ3) is 5.01. The standard InChI is InChI=1S/C20H21N5O2/c1-25(14-11-15-9-12-21-13-10-15)20(26)18-7-8-19(24-23-18)22-16-3-5-17(27-2)6-4-16/h3-10,12-13H,11,14H2,1-2H3,(H,22,24). The minimum absolute atomic E-state index is 0.160. The molecule has 2 aromatic heterocycles. The Bertz CT molecular complexity index is 867. The summed E-state index contributed by atoms with van der Waals surface area (Å²) in [5, 5.41) is 11.3. The fourth-order valence-electron chi connectivity index (χ4n) is 2.48. The van der Waals surface area contributed by atoms with Crippen molar-refractivity contribution in [2.45, 2.75) is 6.42 Å². The van der Waals surface area contributed by atoms with Crippen molar-refractivity contribution in [1.82, 2.24) is 20.1 Å². The number of likely N-dealkylation sites (N-methyl/N-ethyl adjacent to an activating group) is 1. The molecule has 0 aliphatic carbocycles. The second kappa shape index (κ2) is 8.75. The zero-order valence-electron chi connectivity index (χ0n) is 15.3. The monoisotopic (exact) mass is 363 g/mol. The van der Waals surface area contributed by atoms with Gasteiger partial charge < -0.3 is 15.0 Å². The van der Waals surface area contributed by atoms with Gasteiger partial charge in [-0.25, -0.2) is 0 Å². The molecule has 0 atom stereocenters. The van der Waals surface area contributed by atoms with E-state index in [2.05, 4.69) is 20.5 Å². The van der Waals surface area contributed by atoms with Gasteiger partial charge in [0.2, 0.25) is 0 Å². The smallest absolute Gasteiger partial charge is 0.274 e. The SMILES string of the molecule is COc1ccc(Nc2ccc(C(=O)N(C)CCc3ccncc3)nn2)cc1. The number of anilines is 2. The fourth-order valence-corrected chi connectivity index (χ4v) is 2.48. The number of carbonyl (C=O) groups excluding carboxylic acids is 1. The van der Waals surface area contributed by atoms with Crippen molar-refractivity contribution in [3.8, 4) is 5.75 Å². The van der Waals surface area contributed by atoms with Gasteiger partial charge in [0.1, 0.15) is 5.75 Å². The lowest BCUT2D eigenvalue weighted by Gasteiger charge is -2.16. The summed E-state index contributed by atoms with van der Waals surface area (Å²) in [6.07, 6.45) is 4.25. The summed E-state index contributed by atoms with van der Waals surface area (Å²) in [6.45, 7) is 0.594. The number of aromatic nitrogens is 3. The average molecular weight is 363 g/mol. The van der Waals surface area contributed by atoms with Gasteiger partial charge in [0.05, 0.1) is 7.11 Å². The van der Waals surface area contributed by atoms with Gasteiger partial charge >= 0.3 is 0 Å². The third-order valence-corrected chi connectivity index (χ3v) is 4.08. The molecule has 138 valence electrons. The van der Waals surface area contributed by atoms with Crippen molar-refractivity contribution in [1.29, 1.82) is 0 Å². The summed E-state index contributed by atoms with van der Waals surface area (Å²) in [4.78, 5) is 18.1. The molecule has 1 N–H and O–H groups in total. The number of rotatable bonds is 7. The van der Waals surface area contributed by atoms with Crippen molar-refractivity contribution >= 4 is 17.4 Å². The zero-order valence-corrected chi connectivity index (χ0v) is 15.3. The summed E-state index contributed by atoms with van der Waals surface area (Å²) in [7, 11) is 3.38. The number of pyridine rings is 1. The highest BCUT2D eigenvalue weighted by molar-refractivity contribution is 5.92. The van der Waals surface area contributed by atoms with E-state index in [0.717, 1.165) is 23.4 Å². The Balaban J connectivity index is 1.57. The minimum atomic E-state index is -0.160. The van der Waals surface area contributed by atoms with Crippen LogP contribution in [0, 0.1) is 0 Å². The molecule has 2 heterocycles. The van der Waals surface area contributed by atoms with Crippen LogP contribution in [0.5, 0.6) is 5.75 Å². The lowest BCUT2D eigenvalue weighted by atomic mass is 10.2. The van der Waals surface area contributed by atoms with Gasteiger partial charge in [-0.15, -0.1) is 10.2 Å². The Kier molecular flexibility index (Phi) is 5.94. The van der Waals surface area contributed by atoms with E-state index in [1.165, 1.54) is 0 Å². The van der Waals surface area contributed by atoms with Crippen LogP contribution < -0.4 is 10.1 Å². The molecule has 0 aliphatic heterocycles. The summed E-state index contributed by atoms with van der Waals surface area (Å²) in [5.74, 6) is 1.19. The Morgan fingerprint density at radius 3 is 2.41 bits per heavy atom. The van der Waals surface area contributed by atoms with Crippen LogP contribution in [0.2, 0.25) is 0 Å². The van der Waals surface area contributed by atoms with Crippen LogP contribution in [0.15, 0.2) is 60.9 Å². The molecule has 0 bridgehead atoms. The molecule has 0 saturated heterocycles. The van der Waals surface area contributed by atoms with Crippen molar-refractivity contribution in [2.75, 3.05) is 26.0 Å². The topological polar surface area (TPSA) is 80.2 Å². The molecule has 3 rings (SSSR count). The number of methoxy groups -OCH3 is 1. The third-order valence-electron chi connectivity index (χ3n) is 4.08. The molecule has 7 heteroatoms. The Morgan fingerprint density at radius 1 is 1.04 bits per heavy atom. The van der Waals surface area contributed by atoms with E-state index in [1.807, 2.05) is 36.4 Å². The van der Waals surface area contributed by atoms with Crippen molar-refractivity contribution < 1.29 is 9.53 Å². The maximum atomic E-state index is 12.5. The fraction of sp³-hybridized carbons (Fsp3) is 0.200. The first kappa shape index (κ1) is 18.3. The summed E-state index contributed by atoms with van der Waals surface area (Å²) in [5.41, 5.74) is 2.31. The molecular weight excluding hydrogens is 342 g/mol. The van der Waals surface area contributed by atoms with Gasteiger partial charge in [-0.3, -0.25) is 9.78 Å². The Labute approximate surface area is 158 Å². The van der Waals surface area contributed by atoms with E-state index >= 15 is 0 Å². The van der Waals surface area contributed by atoms with Crippen molar-refractivity contribution in [3.63, 3.8) is 0 Å². The molecule has 7 nitrogen and oxygen atoms in total. The van der Waals surface area contributed by atoms with Gasteiger partial charge in [0, 0.05) is 31.7 Å². The lowest BCUT2D eigenvalue weighted by molar-refractivity contribution is 0.0789. The van der Waals surface area contributed by atoms with Gasteiger partial charge in [-0.2, -0.15) is 0 Å². The second-order valence-corrected chi connectivity index (χ2v) is 5.99. The van der Waals surface area contributed by atoms with E-state index in [-0.39, 0.29) is 5.91 Å². The number of hydrogen-bond acceptors (Lipinski definition) is 6.